The van der Waals surface area contributed by atoms with E-state index in [2.05, 4.69) is 167 Å². The first-order valence-electron chi connectivity index (χ1n) is 15.6. The summed E-state index contributed by atoms with van der Waals surface area (Å²) in [4.78, 5) is 11.0. The summed E-state index contributed by atoms with van der Waals surface area (Å²) in [7, 11) is 0. The summed E-state index contributed by atoms with van der Waals surface area (Å²) in [5, 5.41) is 8.27. The second-order valence-corrected chi connectivity index (χ2v) is 11.9. The molecule has 4 nitrogen and oxygen atoms in total. The van der Waals surface area contributed by atoms with Crippen molar-refractivity contribution in [1.82, 2.24) is 19.1 Å². The number of aromatic nitrogens is 4. The molecular formula is C42H26N4. The van der Waals surface area contributed by atoms with Gasteiger partial charge >= 0.3 is 0 Å². The van der Waals surface area contributed by atoms with E-state index in [1.807, 2.05) is 0 Å². The zero-order valence-corrected chi connectivity index (χ0v) is 24.8. The van der Waals surface area contributed by atoms with Crippen LogP contribution >= 0.6 is 0 Å². The average Bonchev–Trinajstić information content (AvgIpc) is 3.63. The Balaban J connectivity index is 1.42. The molecule has 0 amide bonds. The number of rotatable bonds is 3. The number of para-hydroxylation sites is 2. The molecule has 0 spiro atoms. The molecule has 0 saturated heterocycles. The van der Waals surface area contributed by atoms with Crippen LogP contribution in [0, 0.1) is 0 Å². The molecule has 0 aliphatic heterocycles. The van der Waals surface area contributed by atoms with E-state index in [0.717, 1.165) is 49.9 Å². The third-order valence-electron chi connectivity index (χ3n) is 9.28. The van der Waals surface area contributed by atoms with E-state index in [4.69, 9.17) is 9.97 Å². The van der Waals surface area contributed by atoms with Gasteiger partial charge in [0.25, 0.3) is 0 Å². The molecule has 0 N–H and O–H groups in total. The van der Waals surface area contributed by atoms with Crippen molar-refractivity contribution in [2.45, 2.75) is 0 Å². The lowest BCUT2D eigenvalue weighted by atomic mass is 10.1. The first-order chi connectivity index (χ1) is 22.8. The second kappa shape index (κ2) is 9.62. The molecule has 0 bridgehead atoms. The molecule has 4 heteroatoms. The molecule has 3 aromatic heterocycles. The number of hydrogen-bond acceptors (Lipinski definition) is 2. The minimum Gasteiger partial charge on any atom is -0.305 e. The van der Waals surface area contributed by atoms with Crippen LogP contribution < -0.4 is 0 Å². The van der Waals surface area contributed by atoms with E-state index < -0.39 is 0 Å². The molecule has 0 aliphatic rings. The van der Waals surface area contributed by atoms with Crippen molar-refractivity contribution in [1.29, 1.82) is 0 Å². The lowest BCUT2D eigenvalue weighted by Gasteiger charge is -2.14. The van der Waals surface area contributed by atoms with Crippen molar-refractivity contribution in [3.63, 3.8) is 0 Å². The van der Waals surface area contributed by atoms with Crippen LogP contribution in [-0.4, -0.2) is 19.1 Å². The van der Waals surface area contributed by atoms with Crippen LogP contribution in [0.3, 0.4) is 0 Å². The number of hydrogen-bond donors (Lipinski definition) is 0. The molecule has 10 aromatic rings. The van der Waals surface area contributed by atoms with Gasteiger partial charge in [-0.3, -0.25) is 4.57 Å². The number of fused-ring (bicyclic) bond motifs is 9. The first-order valence-corrected chi connectivity index (χ1v) is 15.6. The number of benzene rings is 7. The fourth-order valence-electron chi connectivity index (χ4n) is 7.24. The van der Waals surface area contributed by atoms with E-state index >= 15 is 0 Å². The summed E-state index contributed by atoms with van der Waals surface area (Å²) in [5.74, 6) is 0.660. The predicted molar refractivity (Wildman–Crippen MR) is 191 cm³/mol. The summed E-state index contributed by atoms with van der Waals surface area (Å²) < 4.78 is 4.61. The Morgan fingerprint density at radius 3 is 1.85 bits per heavy atom. The zero-order chi connectivity index (χ0) is 30.2. The minimum atomic E-state index is 0.660. The maximum atomic E-state index is 5.50. The molecule has 7 aromatic carbocycles. The van der Waals surface area contributed by atoms with Crippen LogP contribution in [0.5, 0.6) is 0 Å². The molecule has 0 radical (unpaired) electrons. The van der Waals surface area contributed by atoms with Crippen molar-refractivity contribution < 1.29 is 0 Å². The SMILES string of the molecule is c1ccc(-c2nc(-n3c4ccccc4c4cc5ccccc5cc43)nc3c4ccc5ccccc5c4n(-c4ccccc4)c23)cc1. The Morgan fingerprint density at radius 1 is 0.391 bits per heavy atom. The predicted octanol–water partition coefficient (Wildman–Crippen LogP) is 10.6. The summed E-state index contributed by atoms with van der Waals surface area (Å²) in [5.41, 5.74) is 8.27. The van der Waals surface area contributed by atoms with E-state index in [0.29, 0.717) is 5.95 Å². The van der Waals surface area contributed by atoms with Crippen molar-refractivity contribution in [2.75, 3.05) is 0 Å². The third-order valence-corrected chi connectivity index (χ3v) is 9.28. The Hall–Kier alpha value is -6.26. The minimum absolute atomic E-state index is 0.660. The van der Waals surface area contributed by atoms with Crippen molar-refractivity contribution in [3.8, 4) is 22.9 Å². The standard InChI is InChI=1S/C42H26N4/c1-3-14-28(15-4-1)38-41-39(34-24-23-27-13-9-10-20-32(27)40(34)45(41)31-18-5-2-6-19-31)44-42(43-38)46-36-22-12-11-21-33(36)35-25-29-16-7-8-17-30(29)26-37(35)46/h1-26H. The molecule has 3 heterocycles. The molecule has 0 fully saturated rings. The van der Waals surface area contributed by atoms with Crippen molar-refractivity contribution in [3.05, 3.63) is 158 Å². The number of nitrogens with zero attached hydrogens (tertiary/aromatic N) is 4. The molecule has 0 atom stereocenters. The average molecular weight is 587 g/mol. The van der Waals surface area contributed by atoms with Crippen LogP contribution in [0.1, 0.15) is 0 Å². The Kier molecular flexibility index (Phi) is 5.25. The van der Waals surface area contributed by atoms with Crippen LogP contribution in [0.2, 0.25) is 0 Å². The van der Waals surface area contributed by atoms with Crippen LogP contribution in [0.4, 0.5) is 0 Å². The van der Waals surface area contributed by atoms with Gasteiger partial charge in [0.05, 0.1) is 22.1 Å². The highest BCUT2D eigenvalue weighted by Gasteiger charge is 2.24. The zero-order valence-electron chi connectivity index (χ0n) is 24.8. The normalized spacial score (nSPS) is 11.9. The van der Waals surface area contributed by atoms with E-state index in [-0.39, 0.29) is 0 Å². The van der Waals surface area contributed by atoms with E-state index in [9.17, 15) is 0 Å². The van der Waals surface area contributed by atoms with Gasteiger partial charge in [-0.15, -0.1) is 0 Å². The van der Waals surface area contributed by atoms with Gasteiger partial charge in [0.1, 0.15) is 11.2 Å². The molecule has 46 heavy (non-hydrogen) atoms. The van der Waals surface area contributed by atoms with Crippen LogP contribution in [0.25, 0.3) is 88.2 Å². The van der Waals surface area contributed by atoms with Gasteiger partial charge < -0.3 is 4.57 Å². The van der Waals surface area contributed by atoms with Gasteiger partial charge in [-0.05, 0) is 52.6 Å². The van der Waals surface area contributed by atoms with Crippen LogP contribution in [0.15, 0.2) is 158 Å². The fourth-order valence-corrected chi connectivity index (χ4v) is 7.24. The van der Waals surface area contributed by atoms with Gasteiger partial charge in [0.15, 0.2) is 0 Å². The quantitative estimate of drug-likeness (QED) is 0.206. The lowest BCUT2D eigenvalue weighted by molar-refractivity contribution is 1.01. The fraction of sp³-hybridized carbons (Fsp3) is 0. The second-order valence-electron chi connectivity index (χ2n) is 11.9. The Bertz CT molecular complexity index is 2790. The topological polar surface area (TPSA) is 35.6 Å². The molecule has 214 valence electrons. The Labute approximate surface area is 264 Å². The lowest BCUT2D eigenvalue weighted by Crippen LogP contribution is -2.05. The molecular weight excluding hydrogens is 560 g/mol. The summed E-state index contributed by atoms with van der Waals surface area (Å²) in [6.45, 7) is 0. The van der Waals surface area contributed by atoms with Crippen molar-refractivity contribution >= 4 is 65.3 Å². The van der Waals surface area contributed by atoms with Gasteiger partial charge in [-0.25, -0.2) is 9.97 Å². The first kappa shape index (κ1) is 25.1. The van der Waals surface area contributed by atoms with Crippen molar-refractivity contribution in [2.24, 2.45) is 0 Å². The third kappa shape index (κ3) is 3.55. The smallest absolute Gasteiger partial charge is 0.235 e. The summed E-state index contributed by atoms with van der Waals surface area (Å²) >= 11 is 0. The van der Waals surface area contributed by atoms with Crippen LogP contribution in [-0.2, 0) is 0 Å². The highest BCUT2D eigenvalue weighted by atomic mass is 15.2. The highest BCUT2D eigenvalue weighted by molar-refractivity contribution is 6.20. The van der Waals surface area contributed by atoms with Gasteiger partial charge in [-0.2, -0.15) is 0 Å². The molecule has 0 unspecified atom stereocenters. The molecule has 0 saturated carbocycles. The monoisotopic (exact) mass is 586 g/mol. The van der Waals surface area contributed by atoms with E-state index in [1.165, 1.54) is 32.3 Å². The maximum Gasteiger partial charge on any atom is 0.235 e. The summed E-state index contributed by atoms with van der Waals surface area (Å²) in [6, 6.07) is 55.9. The Morgan fingerprint density at radius 2 is 1.04 bits per heavy atom. The van der Waals surface area contributed by atoms with E-state index in [1.54, 1.807) is 0 Å². The van der Waals surface area contributed by atoms with Gasteiger partial charge in [0, 0.05) is 32.8 Å². The molecule has 10 rings (SSSR count). The molecule has 0 aliphatic carbocycles. The highest BCUT2D eigenvalue weighted by Crippen LogP contribution is 2.41. The maximum absolute atomic E-state index is 5.50. The van der Waals surface area contributed by atoms with Gasteiger partial charge in [0.2, 0.25) is 5.95 Å². The largest absolute Gasteiger partial charge is 0.305 e. The van der Waals surface area contributed by atoms with Gasteiger partial charge in [-0.1, -0.05) is 121 Å². The summed E-state index contributed by atoms with van der Waals surface area (Å²) in [6.07, 6.45) is 0.